The van der Waals surface area contributed by atoms with E-state index in [-0.39, 0.29) is 11.6 Å². The van der Waals surface area contributed by atoms with Gasteiger partial charge in [0, 0.05) is 6.54 Å². The fourth-order valence-electron chi connectivity index (χ4n) is 1.85. The molecule has 0 fully saturated rings. The molecule has 2 aromatic rings. The van der Waals surface area contributed by atoms with Crippen LogP contribution in [0.25, 0.3) is 0 Å². The second kappa shape index (κ2) is 6.04. The zero-order chi connectivity index (χ0) is 13.7. The summed E-state index contributed by atoms with van der Waals surface area (Å²) < 4.78 is 0. The van der Waals surface area contributed by atoms with Crippen LogP contribution in [-0.4, -0.2) is 21.6 Å². The number of hydrogen-bond acceptors (Lipinski definition) is 5. The minimum Gasteiger partial charge on any atom is -0.492 e. The molecule has 0 amide bonds. The summed E-state index contributed by atoms with van der Waals surface area (Å²) in [5.41, 5.74) is 7.21. The molecule has 5 heteroatoms. The van der Waals surface area contributed by atoms with Crippen molar-refractivity contribution in [3.63, 3.8) is 0 Å². The number of nitrogens with zero attached hydrogens (tertiary/aromatic N) is 2. The highest BCUT2D eigenvalue weighted by molar-refractivity contribution is 5.66. The van der Waals surface area contributed by atoms with Crippen LogP contribution in [0, 0.1) is 6.92 Å². The van der Waals surface area contributed by atoms with Crippen molar-refractivity contribution in [1.82, 2.24) is 9.97 Å². The molecule has 0 bridgehead atoms. The Bertz CT molecular complexity index is 543. The lowest BCUT2D eigenvalue weighted by atomic mass is 10.1. The van der Waals surface area contributed by atoms with E-state index in [1.807, 2.05) is 18.2 Å². The molecule has 5 nitrogen and oxygen atoms in total. The average molecular weight is 258 g/mol. The van der Waals surface area contributed by atoms with Gasteiger partial charge < -0.3 is 16.2 Å². The third-order valence-electron chi connectivity index (χ3n) is 2.81. The van der Waals surface area contributed by atoms with E-state index >= 15 is 0 Å². The first-order chi connectivity index (χ1) is 9.16. The van der Waals surface area contributed by atoms with E-state index in [1.165, 1.54) is 5.56 Å². The van der Waals surface area contributed by atoms with E-state index in [1.54, 1.807) is 6.92 Å². The molecule has 0 aliphatic carbocycles. The number of hydrogen-bond donors (Lipinski definition) is 3. The van der Waals surface area contributed by atoms with Crippen molar-refractivity contribution in [3.05, 3.63) is 41.7 Å². The van der Waals surface area contributed by atoms with Crippen LogP contribution in [0.2, 0.25) is 0 Å². The molecule has 4 N–H and O–H groups in total. The van der Waals surface area contributed by atoms with Gasteiger partial charge >= 0.3 is 0 Å². The number of nitrogens with two attached hydrogens (primary N) is 1. The van der Waals surface area contributed by atoms with Crippen molar-refractivity contribution in [2.24, 2.45) is 0 Å². The van der Waals surface area contributed by atoms with E-state index in [0.29, 0.717) is 11.6 Å². The van der Waals surface area contributed by atoms with Gasteiger partial charge in [0.25, 0.3) is 0 Å². The summed E-state index contributed by atoms with van der Waals surface area (Å²) >= 11 is 0. The minimum absolute atomic E-state index is 0.168. The number of anilines is 2. The topological polar surface area (TPSA) is 84.1 Å². The fourth-order valence-corrected chi connectivity index (χ4v) is 1.85. The highest BCUT2D eigenvalue weighted by Gasteiger charge is 2.08. The monoisotopic (exact) mass is 258 g/mol. The Balaban J connectivity index is 1.86. The molecule has 0 saturated carbocycles. The second-order valence-electron chi connectivity index (χ2n) is 4.37. The van der Waals surface area contributed by atoms with Gasteiger partial charge in [-0.25, -0.2) is 4.98 Å². The summed E-state index contributed by atoms with van der Waals surface area (Å²) in [6, 6.07) is 10.3. The smallest absolute Gasteiger partial charge is 0.240 e. The lowest BCUT2D eigenvalue weighted by molar-refractivity contribution is 0.453. The third-order valence-corrected chi connectivity index (χ3v) is 2.81. The van der Waals surface area contributed by atoms with E-state index in [9.17, 15) is 5.11 Å². The Kier molecular flexibility index (Phi) is 4.18. The quantitative estimate of drug-likeness (QED) is 0.715. The van der Waals surface area contributed by atoms with Crippen LogP contribution in [-0.2, 0) is 6.42 Å². The first-order valence-electron chi connectivity index (χ1n) is 6.27. The number of aryl methyl sites for hydroxylation is 2. The molecule has 2 rings (SSSR count). The van der Waals surface area contributed by atoms with Gasteiger partial charge in [0.15, 0.2) is 5.82 Å². The Morgan fingerprint density at radius 2 is 1.95 bits per heavy atom. The number of nitrogens with one attached hydrogen (secondary N) is 1. The van der Waals surface area contributed by atoms with Crippen molar-refractivity contribution in [1.29, 1.82) is 0 Å². The van der Waals surface area contributed by atoms with Crippen LogP contribution in [0.5, 0.6) is 5.88 Å². The molecule has 0 atom stereocenters. The number of rotatable bonds is 5. The zero-order valence-electron chi connectivity index (χ0n) is 10.9. The molecule has 1 aromatic heterocycles. The third kappa shape index (κ3) is 3.58. The van der Waals surface area contributed by atoms with E-state index < -0.39 is 0 Å². The molecule has 1 heterocycles. The summed E-state index contributed by atoms with van der Waals surface area (Å²) in [5.74, 6) is 0.827. The van der Waals surface area contributed by atoms with Crippen LogP contribution >= 0.6 is 0 Å². The summed E-state index contributed by atoms with van der Waals surface area (Å²) in [6.45, 7) is 2.46. The van der Waals surface area contributed by atoms with Crippen molar-refractivity contribution >= 4 is 11.5 Å². The van der Waals surface area contributed by atoms with E-state index in [4.69, 9.17) is 5.73 Å². The predicted molar refractivity (Wildman–Crippen MR) is 76.1 cm³/mol. The summed E-state index contributed by atoms with van der Waals surface area (Å²) in [4.78, 5) is 7.96. The lowest BCUT2D eigenvalue weighted by Gasteiger charge is -2.09. The molecule has 0 aliphatic heterocycles. The van der Waals surface area contributed by atoms with Gasteiger partial charge in [-0.1, -0.05) is 30.3 Å². The van der Waals surface area contributed by atoms with E-state index in [2.05, 4.69) is 27.4 Å². The Morgan fingerprint density at radius 1 is 1.21 bits per heavy atom. The maximum absolute atomic E-state index is 9.50. The minimum atomic E-state index is -0.168. The molecule has 0 saturated heterocycles. The van der Waals surface area contributed by atoms with Crippen LogP contribution in [0.15, 0.2) is 30.3 Å². The average Bonchev–Trinajstić information content (AvgIpc) is 2.41. The Hall–Kier alpha value is -2.30. The number of nitrogen functional groups attached to an aromatic ring is 1. The maximum atomic E-state index is 9.50. The van der Waals surface area contributed by atoms with Crippen molar-refractivity contribution in [2.45, 2.75) is 19.8 Å². The van der Waals surface area contributed by atoms with Crippen LogP contribution in [0.4, 0.5) is 11.5 Å². The second-order valence-corrected chi connectivity index (χ2v) is 4.37. The van der Waals surface area contributed by atoms with Crippen LogP contribution in [0.3, 0.4) is 0 Å². The molecule has 100 valence electrons. The van der Waals surface area contributed by atoms with Gasteiger partial charge in [-0.2, -0.15) is 4.98 Å². The van der Waals surface area contributed by atoms with Gasteiger partial charge in [-0.3, -0.25) is 0 Å². The van der Waals surface area contributed by atoms with Gasteiger partial charge in [0.1, 0.15) is 11.5 Å². The number of aromatic nitrogens is 2. The zero-order valence-corrected chi connectivity index (χ0v) is 10.9. The largest absolute Gasteiger partial charge is 0.492 e. The van der Waals surface area contributed by atoms with Crippen molar-refractivity contribution in [2.75, 3.05) is 17.6 Å². The summed E-state index contributed by atoms with van der Waals surface area (Å²) in [6.07, 6.45) is 1.96. The van der Waals surface area contributed by atoms with Gasteiger partial charge in [0.2, 0.25) is 5.88 Å². The molecule has 0 unspecified atom stereocenters. The van der Waals surface area contributed by atoms with E-state index in [0.717, 1.165) is 19.4 Å². The number of benzene rings is 1. The number of aromatic hydroxyl groups is 1. The van der Waals surface area contributed by atoms with Crippen molar-refractivity contribution < 1.29 is 5.11 Å². The first kappa shape index (κ1) is 13.1. The van der Waals surface area contributed by atoms with Gasteiger partial charge in [-0.15, -0.1) is 0 Å². The molecule has 1 aromatic carbocycles. The standard InChI is InChI=1S/C14H18N4O/c1-10-17-13(12(15)14(19)18-10)16-9-5-8-11-6-3-2-4-7-11/h2-4,6-7H,5,8-9,15H2,1H3,(H2,16,17,18,19). The lowest BCUT2D eigenvalue weighted by Crippen LogP contribution is -2.09. The Morgan fingerprint density at radius 3 is 2.68 bits per heavy atom. The predicted octanol–water partition coefficient (Wildman–Crippen LogP) is 2.12. The van der Waals surface area contributed by atoms with Crippen LogP contribution < -0.4 is 11.1 Å². The maximum Gasteiger partial charge on any atom is 0.240 e. The molecule has 19 heavy (non-hydrogen) atoms. The first-order valence-corrected chi connectivity index (χ1v) is 6.27. The molecule has 0 spiro atoms. The normalized spacial score (nSPS) is 10.4. The van der Waals surface area contributed by atoms with Crippen LogP contribution in [0.1, 0.15) is 17.8 Å². The molecular formula is C14H18N4O. The Labute approximate surface area is 112 Å². The fraction of sp³-hybridized carbons (Fsp3) is 0.286. The molecule has 0 radical (unpaired) electrons. The SMILES string of the molecule is Cc1nc(O)c(N)c(NCCCc2ccccc2)n1. The summed E-state index contributed by atoms with van der Waals surface area (Å²) in [7, 11) is 0. The summed E-state index contributed by atoms with van der Waals surface area (Å²) in [5, 5.41) is 12.6. The molecular weight excluding hydrogens is 240 g/mol. The molecule has 0 aliphatic rings. The van der Waals surface area contributed by atoms with Gasteiger partial charge in [-0.05, 0) is 25.3 Å². The van der Waals surface area contributed by atoms with Crippen molar-refractivity contribution in [3.8, 4) is 5.88 Å². The van der Waals surface area contributed by atoms with Gasteiger partial charge in [0.05, 0.1) is 0 Å². The highest BCUT2D eigenvalue weighted by Crippen LogP contribution is 2.24. The highest BCUT2D eigenvalue weighted by atomic mass is 16.3.